The Labute approximate surface area is 131 Å². The average molecular weight is 308 g/mol. The average Bonchev–Trinajstić information content (AvgIpc) is 2.87. The van der Waals surface area contributed by atoms with E-state index in [0.29, 0.717) is 24.4 Å². The van der Waals surface area contributed by atoms with Crippen LogP contribution >= 0.6 is 11.6 Å². The zero-order chi connectivity index (χ0) is 15.0. The third kappa shape index (κ3) is 2.74. The summed E-state index contributed by atoms with van der Waals surface area (Å²) in [6, 6.07) is 6.94. The summed E-state index contributed by atoms with van der Waals surface area (Å²) >= 11 is 6.49. The van der Waals surface area contributed by atoms with Crippen LogP contribution < -0.4 is 10.2 Å². The minimum absolute atomic E-state index is 0.292. The van der Waals surface area contributed by atoms with E-state index in [9.17, 15) is 4.79 Å². The van der Waals surface area contributed by atoms with Gasteiger partial charge in [-0.25, -0.2) is 0 Å². The molecule has 0 radical (unpaired) electrons. The quantitative estimate of drug-likeness (QED) is 0.931. The molecule has 2 saturated heterocycles. The number of benzene rings is 1. The molecular weight excluding hydrogens is 286 g/mol. The molecule has 2 atom stereocenters. The van der Waals surface area contributed by atoms with Crippen LogP contribution in [0.1, 0.15) is 31.4 Å². The number of nitrogens with zero attached hydrogens (tertiary/aromatic N) is 2. The van der Waals surface area contributed by atoms with Crippen molar-refractivity contribution in [3.05, 3.63) is 28.8 Å². The highest BCUT2D eigenvalue weighted by Crippen LogP contribution is 2.32. The van der Waals surface area contributed by atoms with Gasteiger partial charge in [0.25, 0.3) is 0 Å². The van der Waals surface area contributed by atoms with Crippen molar-refractivity contribution >= 4 is 23.2 Å². The molecule has 0 saturated carbocycles. The van der Waals surface area contributed by atoms with Crippen LogP contribution in [0.2, 0.25) is 5.02 Å². The van der Waals surface area contributed by atoms with Gasteiger partial charge in [0.2, 0.25) is 5.91 Å². The van der Waals surface area contributed by atoms with Gasteiger partial charge in [0.05, 0.1) is 10.7 Å². The van der Waals surface area contributed by atoms with Crippen LogP contribution in [-0.2, 0) is 4.79 Å². The number of nitrogens with one attached hydrogen (secondary N) is 1. The van der Waals surface area contributed by atoms with Gasteiger partial charge in [0, 0.05) is 38.1 Å². The highest BCUT2D eigenvalue weighted by molar-refractivity contribution is 6.33. The van der Waals surface area contributed by atoms with E-state index in [2.05, 4.69) is 29.3 Å². The second kappa shape index (κ2) is 5.85. The van der Waals surface area contributed by atoms with Gasteiger partial charge in [0.15, 0.2) is 0 Å². The number of halogens is 1. The van der Waals surface area contributed by atoms with Crippen LogP contribution in [0.4, 0.5) is 5.69 Å². The van der Waals surface area contributed by atoms with Crippen LogP contribution in [0.3, 0.4) is 0 Å². The summed E-state index contributed by atoms with van der Waals surface area (Å²) in [7, 11) is 1.95. The predicted molar refractivity (Wildman–Crippen MR) is 85.9 cm³/mol. The van der Waals surface area contributed by atoms with Gasteiger partial charge in [-0.1, -0.05) is 17.7 Å². The monoisotopic (exact) mass is 307 g/mol. The fraction of sp³-hybridized carbons (Fsp3) is 0.562. The lowest BCUT2D eigenvalue weighted by molar-refractivity contribution is -0.129. The second-order valence-electron chi connectivity index (χ2n) is 5.95. The molecule has 2 aliphatic rings. The van der Waals surface area contributed by atoms with Crippen LogP contribution in [-0.4, -0.2) is 43.5 Å². The van der Waals surface area contributed by atoms with Gasteiger partial charge >= 0.3 is 0 Å². The van der Waals surface area contributed by atoms with E-state index in [4.69, 9.17) is 11.6 Å². The lowest BCUT2D eigenvalue weighted by atomic mass is 10.1. The van der Waals surface area contributed by atoms with Gasteiger partial charge in [-0.2, -0.15) is 0 Å². The molecule has 5 heteroatoms. The van der Waals surface area contributed by atoms with Crippen LogP contribution in [0, 0.1) is 0 Å². The molecule has 0 aromatic heterocycles. The van der Waals surface area contributed by atoms with Crippen LogP contribution in [0.5, 0.6) is 0 Å². The number of hydrogen-bond donors (Lipinski definition) is 1. The van der Waals surface area contributed by atoms with Gasteiger partial charge in [-0.05, 0) is 38.1 Å². The molecule has 2 heterocycles. The van der Waals surface area contributed by atoms with Crippen molar-refractivity contribution in [2.24, 2.45) is 0 Å². The Morgan fingerprint density at radius 3 is 2.90 bits per heavy atom. The zero-order valence-electron chi connectivity index (χ0n) is 12.6. The van der Waals surface area contributed by atoms with E-state index in [1.165, 1.54) is 5.56 Å². The molecule has 114 valence electrons. The number of hydrogen-bond acceptors (Lipinski definition) is 3. The molecule has 4 nitrogen and oxygen atoms in total. The number of carbonyl (C=O) groups is 1. The Bertz CT molecular complexity index is 548. The molecule has 1 N–H and O–H groups in total. The number of rotatable bonds is 3. The summed E-state index contributed by atoms with van der Waals surface area (Å²) in [5.41, 5.74) is 2.28. The second-order valence-corrected chi connectivity index (χ2v) is 6.35. The molecule has 3 rings (SSSR count). The fourth-order valence-corrected chi connectivity index (χ4v) is 3.61. The highest BCUT2D eigenvalue weighted by Gasteiger charge is 2.35. The van der Waals surface area contributed by atoms with E-state index < -0.39 is 0 Å². The lowest BCUT2D eigenvalue weighted by Gasteiger charge is -2.39. The first-order valence-electron chi connectivity index (χ1n) is 7.61. The summed E-state index contributed by atoms with van der Waals surface area (Å²) in [6.07, 6.45) is 1.67. The first-order valence-corrected chi connectivity index (χ1v) is 7.99. The van der Waals surface area contributed by atoms with E-state index >= 15 is 0 Å². The van der Waals surface area contributed by atoms with E-state index in [0.717, 1.165) is 36.8 Å². The highest BCUT2D eigenvalue weighted by atomic mass is 35.5. The summed E-state index contributed by atoms with van der Waals surface area (Å²) in [5.74, 6) is 0.309. The predicted octanol–water partition coefficient (Wildman–Crippen LogP) is 2.43. The van der Waals surface area contributed by atoms with E-state index in [1.807, 2.05) is 18.0 Å². The lowest BCUT2D eigenvalue weighted by Crippen LogP contribution is -2.51. The zero-order valence-corrected chi connectivity index (χ0v) is 13.4. The Hall–Kier alpha value is -1.26. The van der Waals surface area contributed by atoms with Gasteiger partial charge in [-0.3, -0.25) is 4.79 Å². The maximum absolute atomic E-state index is 11.7. The molecule has 1 aromatic rings. The Kier molecular flexibility index (Phi) is 4.09. The fourth-order valence-electron chi connectivity index (χ4n) is 3.30. The first kappa shape index (κ1) is 14.7. The Morgan fingerprint density at radius 1 is 1.38 bits per heavy atom. The number of piperazine rings is 1. The molecule has 1 amide bonds. The Morgan fingerprint density at radius 2 is 2.19 bits per heavy atom. The summed E-state index contributed by atoms with van der Waals surface area (Å²) in [4.78, 5) is 16.1. The summed E-state index contributed by atoms with van der Waals surface area (Å²) in [5, 5.41) is 4.02. The third-order valence-corrected chi connectivity index (χ3v) is 5.04. The summed E-state index contributed by atoms with van der Waals surface area (Å²) in [6.45, 7) is 4.69. The molecule has 0 spiro atoms. The maximum Gasteiger partial charge on any atom is 0.223 e. The number of carbonyl (C=O) groups excluding carboxylic acids is 1. The third-order valence-electron chi connectivity index (χ3n) is 4.74. The SMILES string of the molecule is CNC(C)c1ccc(N2CCN3C(=O)CCC3C2)c(Cl)c1. The molecule has 1 aromatic carbocycles. The molecule has 0 bridgehead atoms. The molecule has 2 fully saturated rings. The topological polar surface area (TPSA) is 35.6 Å². The minimum atomic E-state index is 0.292. The van der Waals surface area contributed by atoms with Crippen molar-refractivity contribution in [3.8, 4) is 0 Å². The van der Waals surface area contributed by atoms with Gasteiger partial charge in [0.1, 0.15) is 0 Å². The van der Waals surface area contributed by atoms with Crippen LogP contribution in [0.15, 0.2) is 18.2 Å². The van der Waals surface area contributed by atoms with E-state index in [-0.39, 0.29) is 0 Å². The van der Waals surface area contributed by atoms with Crippen molar-refractivity contribution in [3.63, 3.8) is 0 Å². The maximum atomic E-state index is 11.7. The minimum Gasteiger partial charge on any atom is -0.366 e. The number of fused-ring (bicyclic) bond motifs is 1. The standard InChI is InChI=1S/C16H22ClN3O/c1-11(18-2)12-3-5-15(14(17)9-12)19-7-8-20-13(10-19)4-6-16(20)21/h3,5,9,11,13,18H,4,6-8,10H2,1-2H3. The normalized spacial score (nSPS) is 23.4. The van der Waals surface area contributed by atoms with Crippen LogP contribution in [0.25, 0.3) is 0 Å². The molecule has 0 aliphatic carbocycles. The Balaban J connectivity index is 1.77. The van der Waals surface area contributed by atoms with Crippen molar-refractivity contribution in [2.75, 3.05) is 31.6 Å². The number of anilines is 1. The molecule has 2 unspecified atom stereocenters. The summed E-state index contributed by atoms with van der Waals surface area (Å²) < 4.78 is 0. The van der Waals surface area contributed by atoms with Crippen molar-refractivity contribution in [2.45, 2.75) is 31.8 Å². The van der Waals surface area contributed by atoms with Crippen molar-refractivity contribution < 1.29 is 4.79 Å². The first-order chi connectivity index (χ1) is 10.1. The van der Waals surface area contributed by atoms with E-state index in [1.54, 1.807) is 0 Å². The number of amides is 1. The van der Waals surface area contributed by atoms with Gasteiger partial charge in [-0.15, -0.1) is 0 Å². The molecule has 21 heavy (non-hydrogen) atoms. The van der Waals surface area contributed by atoms with Gasteiger partial charge < -0.3 is 15.1 Å². The van der Waals surface area contributed by atoms with Crippen molar-refractivity contribution in [1.29, 1.82) is 0 Å². The largest absolute Gasteiger partial charge is 0.366 e. The van der Waals surface area contributed by atoms with Crippen molar-refractivity contribution in [1.82, 2.24) is 10.2 Å². The smallest absolute Gasteiger partial charge is 0.223 e. The molecular formula is C16H22ClN3O. The molecule has 2 aliphatic heterocycles.